The number of barbiturate groups is 1. The van der Waals surface area contributed by atoms with Crippen molar-refractivity contribution >= 4 is 69.1 Å². The van der Waals surface area contributed by atoms with E-state index in [4.69, 9.17) is 4.74 Å². The van der Waals surface area contributed by atoms with Gasteiger partial charge in [-0.3, -0.25) is 20.2 Å². The Morgan fingerprint density at radius 1 is 1.10 bits per heavy atom. The molecule has 0 atom stereocenters. The van der Waals surface area contributed by atoms with Crippen LogP contribution in [0.2, 0.25) is 0 Å². The molecule has 0 radical (unpaired) electrons. The van der Waals surface area contributed by atoms with Crippen molar-refractivity contribution < 1.29 is 19.1 Å². The average molecular weight is 512 g/mol. The topological polar surface area (TPSA) is 84.5 Å². The molecule has 2 rings (SSSR count). The summed E-state index contributed by atoms with van der Waals surface area (Å²) in [4.78, 5) is 34.3. The normalized spacial score (nSPS) is 14.6. The van der Waals surface area contributed by atoms with Crippen molar-refractivity contribution in [1.29, 1.82) is 0 Å². The summed E-state index contributed by atoms with van der Waals surface area (Å²) in [5, 5.41) is 4.07. The van der Waals surface area contributed by atoms with Crippen LogP contribution < -0.4 is 15.4 Å². The monoisotopic (exact) mass is 512 g/mol. The molecule has 1 aliphatic rings. The van der Waals surface area contributed by atoms with E-state index in [0.717, 1.165) is 12.9 Å². The fourth-order valence-electron chi connectivity index (χ4n) is 1.72. The van der Waals surface area contributed by atoms with Gasteiger partial charge in [0, 0.05) is 0 Å². The second kappa shape index (κ2) is 6.73. The van der Waals surface area contributed by atoms with Crippen molar-refractivity contribution in [3.05, 3.63) is 30.4 Å². The summed E-state index contributed by atoms with van der Waals surface area (Å²) in [6.45, 7) is 2.45. The minimum atomic E-state index is -0.807. The Hall–Kier alpha value is -1.17. The number of halogens is 2. The van der Waals surface area contributed by atoms with Gasteiger partial charge in [-0.15, -0.1) is 0 Å². The zero-order valence-electron chi connectivity index (χ0n) is 10.8. The molecule has 0 aromatic heterocycles. The second-order valence-corrected chi connectivity index (χ2v) is 6.37. The fourth-order valence-corrected chi connectivity index (χ4v) is 3.85. The van der Waals surface area contributed by atoms with Crippen LogP contribution in [0.15, 0.2) is 17.7 Å². The van der Waals surface area contributed by atoms with Crippen LogP contribution in [-0.2, 0) is 9.59 Å². The molecule has 1 saturated heterocycles. The van der Waals surface area contributed by atoms with Crippen LogP contribution in [0.4, 0.5) is 4.79 Å². The van der Waals surface area contributed by atoms with Gasteiger partial charge in [0.15, 0.2) is 0 Å². The van der Waals surface area contributed by atoms with Crippen LogP contribution in [0.3, 0.4) is 0 Å². The third kappa shape index (κ3) is 3.73. The van der Waals surface area contributed by atoms with E-state index in [1.165, 1.54) is 6.08 Å². The van der Waals surface area contributed by atoms with E-state index in [1.54, 1.807) is 12.1 Å². The number of carbonyl (C=O) groups is 3. The maximum Gasteiger partial charge on any atom is 0.328 e. The minimum absolute atomic E-state index is 0.106. The van der Waals surface area contributed by atoms with Gasteiger partial charge in [0.1, 0.15) is 11.3 Å². The minimum Gasteiger partial charge on any atom is -0.492 e. The van der Waals surface area contributed by atoms with Crippen LogP contribution in [0.25, 0.3) is 6.08 Å². The van der Waals surface area contributed by atoms with E-state index < -0.39 is 17.8 Å². The lowest BCUT2D eigenvalue weighted by atomic mass is 10.1. The Morgan fingerprint density at radius 2 is 1.62 bits per heavy atom. The molecular weight excluding hydrogens is 502 g/mol. The molecule has 2 N–H and O–H groups in total. The summed E-state index contributed by atoms with van der Waals surface area (Å²) in [7, 11) is 0. The van der Waals surface area contributed by atoms with Gasteiger partial charge < -0.3 is 4.74 Å². The van der Waals surface area contributed by atoms with Crippen molar-refractivity contribution in [2.24, 2.45) is 0 Å². The number of carbonyl (C=O) groups excluding carboxylic acids is 3. The van der Waals surface area contributed by atoms with Crippen LogP contribution >= 0.6 is 45.2 Å². The van der Waals surface area contributed by atoms with E-state index in [-0.39, 0.29) is 5.57 Å². The lowest BCUT2D eigenvalue weighted by Crippen LogP contribution is -2.51. The molecule has 1 fully saturated rings. The SMILES string of the molecule is CCOc1c(I)cc(C=C2C(=O)NC(=O)NC2=O)cc1I. The average Bonchev–Trinajstić information content (AvgIpc) is 2.38. The van der Waals surface area contributed by atoms with Crippen LogP contribution in [0.1, 0.15) is 12.5 Å². The number of urea groups is 1. The first-order valence-electron chi connectivity index (χ1n) is 5.92. The number of rotatable bonds is 3. The number of hydrogen-bond donors (Lipinski definition) is 2. The maximum absolute atomic E-state index is 11.7. The Labute approximate surface area is 148 Å². The van der Waals surface area contributed by atoms with Crippen molar-refractivity contribution in [2.75, 3.05) is 6.61 Å². The summed E-state index contributed by atoms with van der Waals surface area (Å²) < 4.78 is 7.28. The van der Waals surface area contributed by atoms with Crippen molar-refractivity contribution in [3.63, 3.8) is 0 Å². The fraction of sp³-hybridized carbons (Fsp3) is 0.154. The molecule has 21 heavy (non-hydrogen) atoms. The van der Waals surface area contributed by atoms with Crippen LogP contribution in [0, 0.1) is 7.14 Å². The number of imide groups is 2. The van der Waals surface area contributed by atoms with E-state index in [0.29, 0.717) is 12.2 Å². The molecule has 110 valence electrons. The zero-order chi connectivity index (χ0) is 15.6. The molecule has 4 amide bonds. The van der Waals surface area contributed by atoms with Gasteiger partial charge in [0.25, 0.3) is 11.8 Å². The highest BCUT2D eigenvalue weighted by Crippen LogP contribution is 2.29. The Morgan fingerprint density at radius 3 is 2.10 bits per heavy atom. The molecule has 0 bridgehead atoms. The van der Waals surface area contributed by atoms with Crippen molar-refractivity contribution in [3.8, 4) is 5.75 Å². The van der Waals surface area contributed by atoms with E-state index in [1.807, 2.05) is 17.6 Å². The van der Waals surface area contributed by atoms with E-state index in [2.05, 4.69) is 45.2 Å². The van der Waals surface area contributed by atoms with Crippen LogP contribution in [0.5, 0.6) is 5.75 Å². The smallest absolute Gasteiger partial charge is 0.328 e. The quantitative estimate of drug-likeness (QED) is 0.369. The number of nitrogens with one attached hydrogen (secondary N) is 2. The highest BCUT2D eigenvalue weighted by Gasteiger charge is 2.27. The summed E-state index contributed by atoms with van der Waals surface area (Å²) >= 11 is 4.26. The zero-order valence-corrected chi connectivity index (χ0v) is 15.1. The Balaban J connectivity index is 2.39. The van der Waals surface area contributed by atoms with Crippen molar-refractivity contribution in [1.82, 2.24) is 10.6 Å². The Kier molecular flexibility index (Phi) is 5.19. The number of benzene rings is 1. The molecule has 0 unspecified atom stereocenters. The van der Waals surface area contributed by atoms with Gasteiger partial charge in [0.2, 0.25) is 0 Å². The molecule has 1 aliphatic heterocycles. The van der Waals surface area contributed by atoms with Gasteiger partial charge in [-0.1, -0.05) is 0 Å². The number of amides is 4. The Bertz CT molecular complexity index is 625. The summed E-state index contributed by atoms with van der Waals surface area (Å²) in [6, 6.07) is 2.80. The second-order valence-electron chi connectivity index (χ2n) is 4.04. The highest BCUT2D eigenvalue weighted by molar-refractivity contribution is 14.1. The first-order chi connectivity index (χ1) is 9.92. The predicted molar refractivity (Wildman–Crippen MR) is 92.7 cm³/mol. The molecule has 6 nitrogen and oxygen atoms in total. The molecule has 0 aliphatic carbocycles. The standard InChI is InChI=1S/C13H10I2N2O4/c1-2-21-10-8(14)4-6(5-9(10)15)3-7-11(18)16-13(20)17-12(7)19/h3-5H,2H2,1H3,(H2,16,17,18,19,20). The van der Waals surface area contributed by atoms with Gasteiger partial charge in [0.05, 0.1) is 13.7 Å². The van der Waals surface area contributed by atoms with E-state index >= 15 is 0 Å². The first kappa shape index (κ1) is 16.2. The van der Waals surface area contributed by atoms with E-state index in [9.17, 15) is 14.4 Å². The highest BCUT2D eigenvalue weighted by atomic mass is 127. The molecule has 0 saturated carbocycles. The van der Waals surface area contributed by atoms with Gasteiger partial charge in [-0.2, -0.15) is 0 Å². The van der Waals surface area contributed by atoms with Crippen LogP contribution in [-0.4, -0.2) is 24.5 Å². The number of ether oxygens (including phenoxy) is 1. The maximum atomic E-state index is 11.7. The molecule has 0 spiro atoms. The summed E-state index contributed by atoms with van der Waals surface area (Å²) in [6.07, 6.45) is 1.44. The third-order valence-electron chi connectivity index (χ3n) is 2.56. The lowest BCUT2D eigenvalue weighted by Gasteiger charge is -2.14. The predicted octanol–water partition coefficient (Wildman–Crippen LogP) is 2.04. The number of hydrogen-bond acceptors (Lipinski definition) is 4. The first-order valence-corrected chi connectivity index (χ1v) is 8.08. The van der Waals surface area contributed by atoms with Gasteiger partial charge in [-0.25, -0.2) is 4.79 Å². The molecule has 1 heterocycles. The molecule has 1 aromatic rings. The van der Waals surface area contributed by atoms with Gasteiger partial charge in [-0.05, 0) is 75.9 Å². The molecule has 8 heteroatoms. The molecular formula is C13H10I2N2O4. The third-order valence-corrected chi connectivity index (χ3v) is 4.17. The lowest BCUT2D eigenvalue weighted by molar-refractivity contribution is -0.123. The largest absolute Gasteiger partial charge is 0.492 e. The van der Waals surface area contributed by atoms with Crippen molar-refractivity contribution in [2.45, 2.75) is 6.92 Å². The summed E-state index contributed by atoms with van der Waals surface area (Å²) in [5.74, 6) is -0.640. The summed E-state index contributed by atoms with van der Waals surface area (Å²) in [5.41, 5.74) is 0.576. The molecule has 1 aromatic carbocycles. The van der Waals surface area contributed by atoms with Gasteiger partial charge >= 0.3 is 6.03 Å².